The molecule has 116 valence electrons. The van der Waals surface area contributed by atoms with Crippen molar-refractivity contribution < 1.29 is 4.42 Å². The highest BCUT2D eigenvalue weighted by Crippen LogP contribution is 2.35. The van der Waals surface area contributed by atoms with Crippen LogP contribution in [0.1, 0.15) is 57.4 Å². The second kappa shape index (κ2) is 6.97. The molecule has 0 radical (unpaired) electrons. The Balaban J connectivity index is 2.44. The molecule has 0 unspecified atom stereocenters. The fourth-order valence-electron chi connectivity index (χ4n) is 2.72. The van der Waals surface area contributed by atoms with Crippen LogP contribution in [0.4, 0.5) is 0 Å². The quantitative estimate of drug-likeness (QED) is 0.729. The lowest BCUT2D eigenvalue weighted by atomic mass is 9.99. The summed E-state index contributed by atoms with van der Waals surface area (Å²) >= 11 is 3.64. The molecule has 2 rings (SSSR count). The average molecular weight is 352 g/mol. The number of benzene rings is 1. The molecule has 1 aromatic carbocycles. The molecular formula is C18H26BrNO. The first kappa shape index (κ1) is 16.6. The average Bonchev–Trinajstić information content (AvgIpc) is 2.74. The highest BCUT2D eigenvalue weighted by atomic mass is 79.9. The molecule has 2 nitrogen and oxygen atoms in total. The van der Waals surface area contributed by atoms with Gasteiger partial charge in [0.15, 0.2) is 0 Å². The largest absolute Gasteiger partial charge is 0.459 e. The van der Waals surface area contributed by atoms with Crippen molar-refractivity contribution in [2.24, 2.45) is 5.92 Å². The molecule has 1 heterocycles. The maximum atomic E-state index is 6.24. The lowest BCUT2D eigenvalue weighted by Gasteiger charge is -2.07. The van der Waals surface area contributed by atoms with Crippen LogP contribution in [0.25, 0.3) is 11.0 Å². The third-order valence-corrected chi connectivity index (χ3v) is 4.24. The van der Waals surface area contributed by atoms with Crippen molar-refractivity contribution in [3.8, 4) is 0 Å². The maximum Gasteiger partial charge on any atom is 0.138 e. The molecule has 2 aromatic rings. The number of hydrogen-bond acceptors (Lipinski definition) is 2. The van der Waals surface area contributed by atoms with Crippen LogP contribution in [0.5, 0.6) is 0 Å². The molecule has 0 aliphatic carbocycles. The first-order valence-electron chi connectivity index (χ1n) is 7.88. The standard InChI is InChI=1S/C18H26BrNO/c1-6-14-16-8-13(19)7-15(12(4)5)18(16)21-17(14)10-20-9-11(2)3/h7-8,11-12,20H,6,9-10H2,1-5H3. The summed E-state index contributed by atoms with van der Waals surface area (Å²) in [6.07, 6.45) is 1.000. The summed E-state index contributed by atoms with van der Waals surface area (Å²) < 4.78 is 7.37. The molecule has 0 aliphatic rings. The Hall–Kier alpha value is -0.800. The number of rotatable bonds is 6. The van der Waals surface area contributed by atoms with E-state index >= 15 is 0 Å². The van der Waals surface area contributed by atoms with Gasteiger partial charge in [0.1, 0.15) is 11.3 Å². The van der Waals surface area contributed by atoms with Crippen LogP contribution in [0.2, 0.25) is 0 Å². The topological polar surface area (TPSA) is 25.2 Å². The minimum Gasteiger partial charge on any atom is -0.459 e. The molecule has 0 saturated heterocycles. The molecule has 0 saturated carbocycles. The van der Waals surface area contributed by atoms with Gasteiger partial charge in [-0.2, -0.15) is 0 Å². The van der Waals surface area contributed by atoms with E-state index < -0.39 is 0 Å². The number of aryl methyl sites for hydroxylation is 1. The summed E-state index contributed by atoms with van der Waals surface area (Å²) in [6, 6.07) is 4.37. The van der Waals surface area contributed by atoms with Crippen molar-refractivity contribution in [1.29, 1.82) is 0 Å². The summed E-state index contributed by atoms with van der Waals surface area (Å²) in [6.45, 7) is 12.9. The summed E-state index contributed by atoms with van der Waals surface area (Å²) in [4.78, 5) is 0. The van der Waals surface area contributed by atoms with Gasteiger partial charge < -0.3 is 9.73 Å². The van der Waals surface area contributed by atoms with E-state index in [2.05, 4.69) is 68.0 Å². The number of nitrogens with one attached hydrogen (secondary N) is 1. The summed E-state index contributed by atoms with van der Waals surface area (Å²) in [5, 5.41) is 4.76. The number of furan rings is 1. The maximum absolute atomic E-state index is 6.24. The molecule has 0 bridgehead atoms. The Labute approximate surface area is 136 Å². The molecule has 0 atom stereocenters. The third kappa shape index (κ3) is 3.70. The van der Waals surface area contributed by atoms with E-state index in [4.69, 9.17) is 4.42 Å². The zero-order valence-electron chi connectivity index (χ0n) is 13.7. The zero-order chi connectivity index (χ0) is 15.6. The van der Waals surface area contributed by atoms with E-state index in [1.165, 1.54) is 16.5 Å². The summed E-state index contributed by atoms with van der Waals surface area (Å²) in [5.74, 6) is 2.20. The summed E-state index contributed by atoms with van der Waals surface area (Å²) in [7, 11) is 0. The Morgan fingerprint density at radius 2 is 1.90 bits per heavy atom. The van der Waals surface area contributed by atoms with Crippen LogP contribution in [0, 0.1) is 5.92 Å². The SMILES string of the molecule is CCc1c(CNCC(C)C)oc2c(C(C)C)cc(Br)cc12. The minimum atomic E-state index is 0.456. The lowest BCUT2D eigenvalue weighted by molar-refractivity contribution is 0.479. The van der Waals surface area contributed by atoms with Gasteiger partial charge in [0.05, 0.1) is 6.54 Å². The number of hydrogen-bond donors (Lipinski definition) is 1. The molecule has 0 aliphatic heterocycles. The molecule has 1 aromatic heterocycles. The van der Waals surface area contributed by atoms with Crippen molar-refractivity contribution in [2.45, 2.75) is 53.5 Å². The smallest absolute Gasteiger partial charge is 0.138 e. The van der Waals surface area contributed by atoms with Crippen molar-refractivity contribution in [3.63, 3.8) is 0 Å². The van der Waals surface area contributed by atoms with Crippen LogP contribution in [-0.4, -0.2) is 6.54 Å². The molecule has 21 heavy (non-hydrogen) atoms. The Bertz CT molecular complexity index is 613. The van der Waals surface area contributed by atoms with E-state index in [1.54, 1.807) is 0 Å². The number of halogens is 1. The molecule has 1 N–H and O–H groups in total. The van der Waals surface area contributed by atoms with Crippen LogP contribution in [0.15, 0.2) is 21.0 Å². The minimum absolute atomic E-state index is 0.456. The first-order chi connectivity index (χ1) is 9.93. The van der Waals surface area contributed by atoms with Gasteiger partial charge in [-0.3, -0.25) is 0 Å². The van der Waals surface area contributed by atoms with Crippen LogP contribution < -0.4 is 5.32 Å². The van der Waals surface area contributed by atoms with Gasteiger partial charge in [-0.05, 0) is 42.5 Å². The Morgan fingerprint density at radius 1 is 1.19 bits per heavy atom. The predicted octanol–water partition coefficient (Wildman–Crippen LogP) is 5.63. The van der Waals surface area contributed by atoms with E-state index in [1.807, 2.05) is 0 Å². The molecule has 0 amide bonds. The monoisotopic (exact) mass is 351 g/mol. The molecular weight excluding hydrogens is 326 g/mol. The van der Waals surface area contributed by atoms with E-state index in [9.17, 15) is 0 Å². The number of fused-ring (bicyclic) bond motifs is 1. The van der Waals surface area contributed by atoms with Crippen molar-refractivity contribution in [2.75, 3.05) is 6.54 Å². The Morgan fingerprint density at radius 3 is 2.48 bits per heavy atom. The molecule has 0 spiro atoms. The lowest BCUT2D eigenvalue weighted by Crippen LogP contribution is -2.19. The fraction of sp³-hybridized carbons (Fsp3) is 0.556. The zero-order valence-corrected chi connectivity index (χ0v) is 15.3. The van der Waals surface area contributed by atoms with Gasteiger partial charge in [0.25, 0.3) is 0 Å². The second-order valence-electron chi connectivity index (χ2n) is 6.41. The van der Waals surface area contributed by atoms with Gasteiger partial charge in [-0.25, -0.2) is 0 Å². The fourth-order valence-corrected chi connectivity index (χ4v) is 3.20. The highest BCUT2D eigenvalue weighted by Gasteiger charge is 2.17. The first-order valence-corrected chi connectivity index (χ1v) is 8.67. The van der Waals surface area contributed by atoms with E-state index in [-0.39, 0.29) is 0 Å². The van der Waals surface area contributed by atoms with Gasteiger partial charge in [-0.15, -0.1) is 0 Å². The molecule has 0 fully saturated rings. The van der Waals surface area contributed by atoms with Crippen LogP contribution >= 0.6 is 15.9 Å². The summed E-state index contributed by atoms with van der Waals surface area (Å²) in [5.41, 5.74) is 3.68. The highest BCUT2D eigenvalue weighted by molar-refractivity contribution is 9.10. The molecule has 3 heteroatoms. The van der Waals surface area contributed by atoms with Crippen molar-refractivity contribution >= 4 is 26.9 Å². The normalized spacial score (nSPS) is 12.0. The van der Waals surface area contributed by atoms with E-state index in [0.717, 1.165) is 35.3 Å². The Kier molecular flexibility index (Phi) is 5.50. The van der Waals surface area contributed by atoms with Crippen molar-refractivity contribution in [1.82, 2.24) is 5.32 Å². The van der Waals surface area contributed by atoms with Crippen molar-refractivity contribution in [3.05, 3.63) is 33.5 Å². The second-order valence-corrected chi connectivity index (χ2v) is 7.32. The van der Waals surface area contributed by atoms with E-state index in [0.29, 0.717) is 11.8 Å². The van der Waals surface area contributed by atoms with Crippen LogP contribution in [-0.2, 0) is 13.0 Å². The predicted molar refractivity (Wildman–Crippen MR) is 93.9 cm³/mol. The van der Waals surface area contributed by atoms with Gasteiger partial charge in [0, 0.05) is 15.4 Å². The van der Waals surface area contributed by atoms with Crippen LogP contribution in [0.3, 0.4) is 0 Å². The third-order valence-electron chi connectivity index (χ3n) is 3.78. The van der Waals surface area contributed by atoms with Gasteiger partial charge in [0.2, 0.25) is 0 Å². The van der Waals surface area contributed by atoms with Gasteiger partial charge in [-0.1, -0.05) is 50.5 Å². The van der Waals surface area contributed by atoms with Gasteiger partial charge >= 0.3 is 0 Å².